The van der Waals surface area contributed by atoms with E-state index in [1.807, 2.05) is 32.0 Å². The molecule has 6 heteroatoms. The fourth-order valence-electron chi connectivity index (χ4n) is 2.06. The lowest BCUT2D eigenvalue weighted by atomic mass is 10.1. The van der Waals surface area contributed by atoms with Crippen molar-refractivity contribution in [2.75, 3.05) is 11.1 Å². The van der Waals surface area contributed by atoms with Gasteiger partial charge in [0.15, 0.2) is 0 Å². The van der Waals surface area contributed by atoms with E-state index in [9.17, 15) is 10.1 Å². The van der Waals surface area contributed by atoms with Crippen molar-refractivity contribution < 1.29 is 4.79 Å². The van der Waals surface area contributed by atoms with E-state index >= 15 is 0 Å². The fraction of sp³-hybridized carbons (Fsp3) is 0.294. The molecule has 0 aliphatic heterocycles. The molecule has 1 N–H and O–H groups in total. The number of aromatic nitrogens is 2. The van der Waals surface area contributed by atoms with E-state index in [1.54, 1.807) is 13.8 Å². The number of amides is 1. The van der Waals surface area contributed by atoms with Gasteiger partial charge in [0.1, 0.15) is 22.5 Å². The monoisotopic (exact) mass is 326 g/mol. The smallest absolute Gasteiger partial charge is 0.234 e. The third kappa shape index (κ3) is 4.30. The number of aryl methyl sites for hydroxylation is 4. The maximum absolute atomic E-state index is 12.1. The zero-order chi connectivity index (χ0) is 17.0. The van der Waals surface area contributed by atoms with E-state index in [4.69, 9.17) is 0 Å². The van der Waals surface area contributed by atoms with Gasteiger partial charge < -0.3 is 5.32 Å². The molecule has 0 saturated carbocycles. The second kappa shape index (κ2) is 7.25. The van der Waals surface area contributed by atoms with Crippen LogP contribution in [0, 0.1) is 39.0 Å². The lowest BCUT2D eigenvalue weighted by molar-refractivity contribution is -0.113. The number of thioether (sulfide) groups is 1. The van der Waals surface area contributed by atoms with Gasteiger partial charge in [-0.05, 0) is 51.0 Å². The summed E-state index contributed by atoms with van der Waals surface area (Å²) in [5.74, 6) is 0.659. The van der Waals surface area contributed by atoms with Crippen LogP contribution in [0.15, 0.2) is 23.2 Å². The van der Waals surface area contributed by atoms with Gasteiger partial charge in [-0.3, -0.25) is 4.79 Å². The third-order valence-corrected chi connectivity index (χ3v) is 4.39. The SMILES string of the molecule is Cc1nc(C)c(C#N)c(SCC(=O)Nc2ccc(C)c(C)c2)n1. The molecular formula is C17H18N4OS. The van der Waals surface area contributed by atoms with Crippen molar-refractivity contribution in [2.45, 2.75) is 32.7 Å². The minimum atomic E-state index is -0.129. The summed E-state index contributed by atoms with van der Waals surface area (Å²) in [6.07, 6.45) is 0. The predicted octanol–water partition coefficient (Wildman–Crippen LogP) is 3.31. The summed E-state index contributed by atoms with van der Waals surface area (Å²) in [6.45, 7) is 7.57. The number of nitriles is 1. The van der Waals surface area contributed by atoms with Gasteiger partial charge >= 0.3 is 0 Å². The molecule has 0 radical (unpaired) electrons. The highest BCUT2D eigenvalue weighted by Crippen LogP contribution is 2.22. The Morgan fingerprint density at radius 3 is 2.61 bits per heavy atom. The van der Waals surface area contributed by atoms with Gasteiger partial charge in [-0.2, -0.15) is 5.26 Å². The zero-order valence-corrected chi connectivity index (χ0v) is 14.4. The van der Waals surface area contributed by atoms with Gasteiger partial charge in [-0.1, -0.05) is 17.8 Å². The van der Waals surface area contributed by atoms with E-state index in [0.717, 1.165) is 11.3 Å². The quantitative estimate of drug-likeness (QED) is 0.689. The Bertz CT molecular complexity index is 796. The first-order valence-electron chi connectivity index (χ1n) is 7.16. The van der Waals surface area contributed by atoms with Gasteiger partial charge in [0.25, 0.3) is 0 Å². The molecule has 23 heavy (non-hydrogen) atoms. The summed E-state index contributed by atoms with van der Waals surface area (Å²) >= 11 is 1.25. The van der Waals surface area contributed by atoms with Crippen LogP contribution in [0.3, 0.4) is 0 Å². The molecule has 118 valence electrons. The standard InChI is InChI=1S/C17H18N4OS/c1-10-5-6-14(7-11(10)2)21-16(22)9-23-17-15(8-18)12(3)19-13(4)20-17/h5-7H,9H2,1-4H3,(H,21,22). The Morgan fingerprint density at radius 2 is 1.96 bits per heavy atom. The van der Waals surface area contributed by atoms with Crippen LogP contribution in [0.4, 0.5) is 5.69 Å². The average Bonchev–Trinajstić information content (AvgIpc) is 2.48. The van der Waals surface area contributed by atoms with E-state index in [-0.39, 0.29) is 11.7 Å². The normalized spacial score (nSPS) is 10.2. The van der Waals surface area contributed by atoms with Crippen molar-refractivity contribution in [3.8, 4) is 6.07 Å². The van der Waals surface area contributed by atoms with Crippen molar-refractivity contribution in [1.82, 2.24) is 9.97 Å². The summed E-state index contributed by atoms with van der Waals surface area (Å²) in [5, 5.41) is 12.6. The van der Waals surface area contributed by atoms with Crippen LogP contribution in [0.25, 0.3) is 0 Å². The number of hydrogen-bond donors (Lipinski definition) is 1. The number of nitrogens with one attached hydrogen (secondary N) is 1. The van der Waals surface area contributed by atoms with Gasteiger partial charge in [0, 0.05) is 5.69 Å². The molecule has 0 aliphatic rings. The molecule has 0 saturated heterocycles. The maximum Gasteiger partial charge on any atom is 0.234 e. The largest absolute Gasteiger partial charge is 0.325 e. The lowest BCUT2D eigenvalue weighted by Gasteiger charge is -2.09. The third-order valence-electron chi connectivity index (χ3n) is 3.41. The van der Waals surface area contributed by atoms with Crippen LogP contribution in [0.5, 0.6) is 0 Å². The van der Waals surface area contributed by atoms with Gasteiger partial charge in [0.2, 0.25) is 5.91 Å². The van der Waals surface area contributed by atoms with Gasteiger partial charge in [0.05, 0.1) is 11.4 Å². The van der Waals surface area contributed by atoms with Crippen molar-refractivity contribution in [3.63, 3.8) is 0 Å². The Hall–Kier alpha value is -2.39. The van der Waals surface area contributed by atoms with Crippen LogP contribution in [-0.4, -0.2) is 21.6 Å². The lowest BCUT2D eigenvalue weighted by Crippen LogP contribution is -2.14. The molecule has 0 spiro atoms. The molecule has 1 amide bonds. The molecule has 1 aromatic carbocycles. The molecule has 0 unspecified atom stereocenters. The van der Waals surface area contributed by atoms with Crippen LogP contribution >= 0.6 is 11.8 Å². The zero-order valence-electron chi connectivity index (χ0n) is 13.6. The van der Waals surface area contributed by atoms with Crippen LogP contribution in [0.1, 0.15) is 28.2 Å². The Balaban J connectivity index is 2.05. The highest BCUT2D eigenvalue weighted by atomic mass is 32.2. The first-order chi connectivity index (χ1) is 10.9. The summed E-state index contributed by atoms with van der Waals surface area (Å²) in [7, 11) is 0. The molecular weight excluding hydrogens is 308 g/mol. The molecule has 2 aromatic rings. The molecule has 1 aromatic heterocycles. The number of hydrogen-bond acceptors (Lipinski definition) is 5. The molecule has 2 rings (SSSR count). The summed E-state index contributed by atoms with van der Waals surface area (Å²) < 4.78 is 0. The van der Waals surface area contributed by atoms with Crippen molar-refractivity contribution in [2.24, 2.45) is 0 Å². The van der Waals surface area contributed by atoms with Gasteiger partial charge in [-0.15, -0.1) is 0 Å². The Labute approximate surface area is 140 Å². The number of carbonyl (C=O) groups is 1. The van der Waals surface area contributed by atoms with Crippen molar-refractivity contribution >= 4 is 23.4 Å². The van der Waals surface area contributed by atoms with Crippen molar-refractivity contribution in [1.29, 1.82) is 5.26 Å². The van der Waals surface area contributed by atoms with Crippen LogP contribution in [0.2, 0.25) is 0 Å². The highest BCUT2D eigenvalue weighted by molar-refractivity contribution is 8.00. The fourth-order valence-corrected chi connectivity index (χ4v) is 2.94. The number of anilines is 1. The first kappa shape index (κ1) is 17.0. The van der Waals surface area contributed by atoms with E-state index in [2.05, 4.69) is 21.4 Å². The molecule has 0 aliphatic carbocycles. The minimum Gasteiger partial charge on any atom is -0.325 e. The molecule has 5 nitrogen and oxygen atoms in total. The summed E-state index contributed by atoms with van der Waals surface area (Å²) in [5.41, 5.74) is 4.15. The number of benzene rings is 1. The molecule has 1 heterocycles. The van der Waals surface area contributed by atoms with E-state index in [1.165, 1.54) is 17.3 Å². The first-order valence-corrected chi connectivity index (χ1v) is 8.14. The van der Waals surface area contributed by atoms with E-state index in [0.29, 0.717) is 22.1 Å². The second-order valence-corrected chi connectivity index (χ2v) is 6.25. The maximum atomic E-state index is 12.1. The van der Waals surface area contributed by atoms with E-state index < -0.39 is 0 Å². The predicted molar refractivity (Wildman–Crippen MR) is 91.5 cm³/mol. The molecule has 0 atom stereocenters. The number of carbonyl (C=O) groups excluding carboxylic acids is 1. The second-order valence-electron chi connectivity index (χ2n) is 5.28. The number of rotatable bonds is 4. The van der Waals surface area contributed by atoms with Crippen LogP contribution in [-0.2, 0) is 4.79 Å². The minimum absolute atomic E-state index is 0.129. The van der Waals surface area contributed by atoms with Crippen LogP contribution < -0.4 is 5.32 Å². The van der Waals surface area contributed by atoms with Crippen molar-refractivity contribution in [3.05, 3.63) is 46.4 Å². The topological polar surface area (TPSA) is 78.7 Å². The average molecular weight is 326 g/mol. The van der Waals surface area contributed by atoms with Gasteiger partial charge in [-0.25, -0.2) is 9.97 Å². The highest BCUT2D eigenvalue weighted by Gasteiger charge is 2.12. The molecule has 0 fully saturated rings. The number of nitrogens with zero attached hydrogens (tertiary/aromatic N) is 3. The Morgan fingerprint density at radius 1 is 1.22 bits per heavy atom. The molecule has 0 bridgehead atoms. The summed E-state index contributed by atoms with van der Waals surface area (Å²) in [6, 6.07) is 7.90. The summed E-state index contributed by atoms with van der Waals surface area (Å²) in [4.78, 5) is 20.5. The Kier molecular flexibility index (Phi) is 5.35.